The Morgan fingerprint density at radius 1 is 1.33 bits per heavy atom. The minimum Gasteiger partial charge on any atom is -0.349 e. The zero-order valence-corrected chi connectivity index (χ0v) is 10.4. The van der Waals surface area contributed by atoms with Crippen LogP contribution in [0.25, 0.3) is 0 Å². The fourth-order valence-electron chi connectivity index (χ4n) is 2.11. The van der Waals surface area contributed by atoms with Crippen molar-refractivity contribution >= 4 is 17.5 Å². The van der Waals surface area contributed by atoms with Gasteiger partial charge in [-0.05, 0) is 24.3 Å². The smallest absolute Gasteiger partial charge is 0.227 e. The summed E-state index contributed by atoms with van der Waals surface area (Å²) in [6.07, 6.45) is 0.217. The number of amides is 2. The zero-order valence-electron chi connectivity index (χ0n) is 10.4. The van der Waals surface area contributed by atoms with Crippen LogP contribution < -0.4 is 4.90 Å². The maximum absolute atomic E-state index is 12.8. The number of nitrogens with zero attached hydrogens (tertiary/aromatic N) is 2. The SMILES string of the molecule is CN(C)C(=O)[C@@H]1CC(=O)N(c2ccc(F)cc2)C1. The van der Waals surface area contributed by atoms with E-state index in [2.05, 4.69) is 0 Å². The van der Waals surface area contributed by atoms with Crippen LogP contribution in [-0.4, -0.2) is 37.4 Å². The second kappa shape index (κ2) is 4.76. The number of carbonyl (C=O) groups is 2. The van der Waals surface area contributed by atoms with Crippen LogP contribution in [0.4, 0.5) is 10.1 Å². The van der Waals surface area contributed by atoms with E-state index >= 15 is 0 Å². The molecule has 18 heavy (non-hydrogen) atoms. The first kappa shape index (κ1) is 12.5. The molecule has 0 radical (unpaired) electrons. The number of carbonyl (C=O) groups excluding carboxylic acids is 2. The van der Waals surface area contributed by atoms with Crippen molar-refractivity contribution in [1.82, 2.24) is 4.90 Å². The quantitative estimate of drug-likeness (QED) is 0.793. The van der Waals surface area contributed by atoms with E-state index in [-0.39, 0.29) is 30.0 Å². The van der Waals surface area contributed by atoms with Gasteiger partial charge in [-0.1, -0.05) is 0 Å². The Bertz CT molecular complexity index is 470. The molecule has 2 amide bonds. The molecule has 1 aliphatic heterocycles. The van der Waals surface area contributed by atoms with Gasteiger partial charge in [0, 0.05) is 32.7 Å². The summed E-state index contributed by atoms with van der Waals surface area (Å²) >= 11 is 0. The van der Waals surface area contributed by atoms with Crippen LogP contribution in [0.1, 0.15) is 6.42 Å². The molecule has 1 aromatic rings. The molecule has 0 saturated carbocycles. The van der Waals surface area contributed by atoms with Crippen LogP contribution in [0.2, 0.25) is 0 Å². The first-order valence-corrected chi connectivity index (χ1v) is 5.76. The number of anilines is 1. The van der Waals surface area contributed by atoms with Crippen molar-refractivity contribution in [2.24, 2.45) is 5.92 Å². The molecule has 0 aliphatic carbocycles. The molecule has 1 saturated heterocycles. The van der Waals surface area contributed by atoms with Crippen LogP contribution in [0.3, 0.4) is 0 Å². The average molecular weight is 250 g/mol. The molecule has 1 aliphatic rings. The van der Waals surface area contributed by atoms with Crippen LogP contribution >= 0.6 is 0 Å². The molecule has 96 valence electrons. The molecule has 0 N–H and O–H groups in total. The second-order valence-corrected chi connectivity index (χ2v) is 4.61. The van der Waals surface area contributed by atoms with Gasteiger partial charge in [0.1, 0.15) is 5.82 Å². The predicted octanol–water partition coefficient (Wildman–Crippen LogP) is 1.27. The minimum absolute atomic E-state index is 0.0482. The van der Waals surface area contributed by atoms with Gasteiger partial charge in [0.15, 0.2) is 0 Å². The van der Waals surface area contributed by atoms with E-state index in [0.29, 0.717) is 12.2 Å². The van der Waals surface area contributed by atoms with Gasteiger partial charge >= 0.3 is 0 Å². The zero-order chi connectivity index (χ0) is 13.3. The van der Waals surface area contributed by atoms with E-state index in [4.69, 9.17) is 0 Å². The molecule has 1 atom stereocenters. The Hall–Kier alpha value is -1.91. The molecular weight excluding hydrogens is 235 g/mol. The summed E-state index contributed by atoms with van der Waals surface area (Å²) in [5, 5.41) is 0. The number of halogens is 1. The Morgan fingerprint density at radius 2 is 1.94 bits per heavy atom. The van der Waals surface area contributed by atoms with Crippen molar-refractivity contribution in [2.75, 3.05) is 25.5 Å². The molecule has 0 unspecified atom stereocenters. The van der Waals surface area contributed by atoms with Gasteiger partial charge in [-0.25, -0.2) is 4.39 Å². The highest BCUT2D eigenvalue weighted by molar-refractivity contribution is 6.00. The van der Waals surface area contributed by atoms with Gasteiger partial charge in [-0.15, -0.1) is 0 Å². The fourth-order valence-corrected chi connectivity index (χ4v) is 2.11. The molecule has 1 heterocycles. The first-order chi connectivity index (χ1) is 8.49. The number of rotatable bonds is 2. The lowest BCUT2D eigenvalue weighted by atomic mass is 10.1. The Balaban J connectivity index is 2.15. The topological polar surface area (TPSA) is 40.6 Å². The maximum atomic E-state index is 12.8. The van der Waals surface area contributed by atoms with Gasteiger partial charge in [0.05, 0.1) is 5.92 Å². The Kier molecular flexibility index (Phi) is 3.32. The Labute approximate surface area is 105 Å². The number of benzene rings is 1. The summed E-state index contributed by atoms with van der Waals surface area (Å²) in [7, 11) is 3.35. The van der Waals surface area contributed by atoms with Crippen LogP contribution in [-0.2, 0) is 9.59 Å². The monoisotopic (exact) mass is 250 g/mol. The summed E-state index contributed by atoms with van der Waals surface area (Å²) in [6.45, 7) is 0.363. The fraction of sp³-hybridized carbons (Fsp3) is 0.385. The lowest BCUT2D eigenvalue weighted by molar-refractivity contribution is -0.133. The Morgan fingerprint density at radius 3 is 2.50 bits per heavy atom. The minimum atomic E-state index is -0.341. The van der Waals surface area contributed by atoms with Crippen molar-refractivity contribution in [3.05, 3.63) is 30.1 Å². The maximum Gasteiger partial charge on any atom is 0.227 e. The van der Waals surface area contributed by atoms with Gasteiger partial charge in [0.2, 0.25) is 11.8 Å². The van der Waals surface area contributed by atoms with Crippen molar-refractivity contribution in [3.63, 3.8) is 0 Å². The van der Waals surface area contributed by atoms with Gasteiger partial charge < -0.3 is 9.80 Å². The van der Waals surface area contributed by atoms with Gasteiger partial charge in [0.25, 0.3) is 0 Å². The van der Waals surface area contributed by atoms with Crippen LogP contribution in [0.15, 0.2) is 24.3 Å². The average Bonchev–Trinajstić information content (AvgIpc) is 2.71. The molecule has 0 spiro atoms. The van der Waals surface area contributed by atoms with Crippen molar-refractivity contribution < 1.29 is 14.0 Å². The van der Waals surface area contributed by atoms with E-state index in [0.717, 1.165) is 0 Å². The standard InChI is InChI=1S/C13H15FN2O2/c1-15(2)13(18)9-7-12(17)16(8-9)11-5-3-10(14)4-6-11/h3-6,9H,7-8H2,1-2H3/t9-/m1/s1. The predicted molar refractivity (Wildman–Crippen MR) is 65.6 cm³/mol. The second-order valence-electron chi connectivity index (χ2n) is 4.61. The van der Waals surface area contributed by atoms with E-state index < -0.39 is 0 Å². The molecule has 4 nitrogen and oxygen atoms in total. The van der Waals surface area contributed by atoms with Gasteiger partial charge in [-0.2, -0.15) is 0 Å². The normalized spacial score (nSPS) is 19.2. The molecule has 0 aromatic heterocycles. The van der Waals surface area contributed by atoms with Crippen LogP contribution in [0, 0.1) is 11.7 Å². The highest BCUT2D eigenvalue weighted by atomic mass is 19.1. The summed E-state index contributed by atoms with van der Waals surface area (Å²) in [5.74, 6) is -0.793. The van der Waals surface area contributed by atoms with Crippen molar-refractivity contribution in [2.45, 2.75) is 6.42 Å². The summed E-state index contributed by atoms with van der Waals surface area (Å²) in [4.78, 5) is 26.7. The molecular formula is C13H15FN2O2. The highest BCUT2D eigenvalue weighted by Crippen LogP contribution is 2.25. The summed E-state index contributed by atoms with van der Waals surface area (Å²) < 4.78 is 12.8. The molecule has 5 heteroatoms. The van der Waals surface area contributed by atoms with Crippen molar-refractivity contribution in [3.8, 4) is 0 Å². The largest absolute Gasteiger partial charge is 0.349 e. The van der Waals surface area contributed by atoms with E-state index in [1.165, 1.54) is 21.9 Å². The van der Waals surface area contributed by atoms with Gasteiger partial charge in [-0.3, -0.25) is 9.59 Å². The van der Waals surface area contributed by atoms with Crippen molar-refractivity contribution in [1.29, 1.82) is 0 Å². The first-order valence-electron chi connectivity index (χ1n) is 5.76. The van der Waals surface area contributed by atoms with E-state index in [1.807, 2.05) is 0 Å². The number of hydrogen-bond donors (Lipinski definition) is 0. The van der Waals surface area contributed by atoms with E-state index in [9.17, 15) is 14.0 Å². The third-order valence-corrected chi connectivity index (χ3v) is 3.05. The summed E-state index contributed by atoms with van der Waals surface area (Å²) in [6, 6.07) is 5.72. The molecule has 2 rings (SSSR count). The molecule has 1 aromatic carbocycles. The summed E-state index contributed by atoms with van der Waals surface area (Å²) in [5.41, 5.74) is 0.635. The van der Waals surface area contributed by atoms with Crippen LogP contribution in [0.5, 0.6) is 0 Å². The third-order valence-electron chi connectivity index (χ3n) is 3.05. The highest BCUT2D eigenvalue weighted by Gasteiger charge is 2.35. The third kappa shape index (κ3) is 2.34. The number of hydrogen-bond acceptors (Lipinski definition) is 2. The molecule has 0 bridgehead atoms. The lowest BCUT2D eigenvalue weighted by Gasteiger charge is -2.18. The van der Waals surface area contributed by atoms with E-state index in [1.54, 1.807) is 26.2 Å². The lowest BCUT2D eigenvalue weighted by Crippen LogP contribution is -2.32. The molecule has 1 fully saturated rings.